The molecule has 0 saturated carbocycles. The molecule has 0 fully saturated rings. The normalized spacial score (nSPS) is 12.2. The number of ether oxygens (including phenoxy) is 4. The third-order valence-corrected chi connectivity index (χ3v) is 4.29. The lowest BCUT2D eigenvalue weighted by Crippen LogP contribution is -1.98. The van der Waals surface area contributed by atoms with Crippen molar-refractivity contribution in [2.24, 2.45) is 0 Å². The number of pyridine rings is 1. The highest BCUT2D eigenvalue weighted by molar-refractivity contribution is 6.00. The molecule has 0 bridgehead atoms. The van der Waals surface area contributed by atoms with Crippen LogP contribution < -0.4 is 18.9 Å². The van der Waals surface area contributed by atoms with Gasteiger partial charge in [-0.15, -0.1) is 0 Å². The van der Waals surface area contributed by atoms with E-state index >= 15 is 0 Å². The molecule has 0 unspecified atom stereocenters. The molecule has 1 aliphatic rings. The molecule has 1 N–H and O–H groups in total. The van der Waals surface area contributed by atoms with Crippen LogP contribution in [0.1, 0.15) is 10.4 Å². The van der Waals surface area contributed by atoms with Crippen molar-refractivity contribution in [3.05, 3.63) is 36.0 Å². The van der Waals surface area contributed by atoms with E-state index in [-0.39, 0.29) is 29.6 Å². The highest BCUT2D eigenvalue weighted by Crippen LogP contribution is 2.47. The maximum absolute atomic E-state index is 11.4. The average molecular weight is 353 g/mol. The standard InChI is InChI=1S/C19H15NO6/c1-23-18-13(5-11(8-21)17(22)19(18)24-2)16-12-7-15-14(25-9-26-15)6-10(12)3-4-20-16/h3-8,22H,9H2,1-2H3. The van der Waals surface area contributed by atoms with Crippen molar-refractivity contribution in [2.75, 3.05) is 21.0 Å². The van der Waals surface area contributed by atoms with Crippen LogP contribution in [0.5, 0.6) is 28.7 Å². The lowest BCUT2D eigenvalue weighted by Gasteiger charge is -2.16. The molecule has 7 nitrogen and oxygen atoms in total. The van der Waals surface area contributed by atoms with E-state index in [1.165, 1.54) is 20.3 Å². The molecule has 4 rings (SSSR count). The Bertz CT molecular complexity index is 1030. The zero-order valence-corrected chi connectivity index (χ0v) is 14.1. The molecule has 2 heterocycles. The first kappa shape index (κ1) is 16.0. The summed E-state index contributed by atoms with van der Waals surface area (Å²) in [4.78, 5) is 15.8. The topological polar surface area (TPSA) is 87.1 Å². The molecule has 0 spiro atoms. The number of phenolic OH excluding ortho intramolecular Hbond substituents is 1. The van der Waals surface area contributed by atoms with Crippen LogP contribution in [-0.2, 0) is 0 Å². The van der Waals surface area contributed by atoms with Crippen LogP contribution in [0.3, 0.4) is 0 Å². The Morgan fingerprint density at radius 2 is 1.85 bits per heavy atom. The SMILES string of the molecule is COc1c(-c2nccc3cc4c(cc23)OCO4)cc(C=O)c(O)c1OC. The van der Waals surface area contributed by atoms with Gasteiger partial charge in [0, 0.05) is 17.1 Å². The largest absolute Gasteiger partial charge is 0.504 e. The van der Waals surface area contributed by atoms with Crippen LogP contribution in [0, 0.1) is 0 Å². The highest BCUT2D eigenvalue weighted by atomic mass is 16.7. The van der Waals surface area contributed by atoms with E-state index in [4.69, 9.17) is 18.9 Å². The van der Waals surface area contributed by atoms with Gasteiger partial charge in [-0.25, -0.2) is 0 Å². The van der Waals surface area contributed by atoms with E-state index in [0.717, 1.165) is 10.8 Å². The summed E-state index contributed by atoms with van der Waals surface area (Å²) in [6.45, 7) is 0.167. The molecule has 0 amide bonds. The van der Waals surface area contributed by atoms with E-state index in [9.17, 15) is 9.90 Å². The number of aromatic nitrogens is 1. The summed E-state index contributed by atoms with van der Waals surface area (Å²) in [7, 11) is 2.85. The van der Waals surface area contributed by atoms with Crippen molar-refractivity contribution < 1.29 is 28.8 Å². The molecule has 0 saturated heterocycles. The van der Waals surface area contributed by atoms with Crippen molar-refractivity contribution in [3.8, 4) is 40.0 Å². The molecule has 132 valence electrons. The van der Waals surface area contributed by atoms with Gasteiger partial charge in [-0.1, -0.05) is 0 Å². The average Bonchev–Trinajstić information content (AvgIpc) is 3.12. The second-order valence-corrected chi connectivity index (χ2v) is 5.63. The Labute approximate surface area is 148 Å². The molecule has 3 aromatic rings. The smallest absolute Gasteiger partial charge is 0.231 e. The Kier molecular flexibility index (Phi) is 3.76. The van der Waals surface area contributed by atoms with E-state index in [1.807, 2.05) is 18.2 Å². The van der Waals surface area contributed by atoms with Crippen LogP contribution in [0.4, 0.5) is 0 Å². The van der Waals surface area contributed by atoms with Crippen LogP contribution in [-0.4, -0.2) is 37.4 Å². The predicted octanol–water partition coefficient (Wildman–Crippen LogP) is 3.17. The second kappa shape index (κ2) is 6.11. The first-order valence-corrected chi connectivity index (χ1v) is 7.79. The third-order valence-electron chi connectivity index (χ3n) is 4.29. The van der Waals surface area contributed by atoms with Gasteiger partial charge in [0.15, 0.2) is 29.3 Å². The van der Waals surface area contributed by atoms with E-state index < -0.39 is 0 Å². The zero-order valence-electron chi connectivity index (χ0n) is 14.1. The summed E-state index contributed by atoms with van der Waals surface area (Å²) < 4.78 is 21.6. The number of carbonyl (C=O) groups is 1. The fourth-order valence-electron chi connectivity index (χ4n) is 3.09. The number of fused-ring (bicyclic) bond motifs is 2. The number of hydrogen-bond acceptors (Lipinski definition) is 7. The lowest BCUT2D eigenvalue weighted by atomic mass is 9.99. The Hall–Kier alpha value is -3.48. The van der Waals surface area contributed by atoms with Gasteiger partial charge in [-0.05, 0) is 29.7 Å². The molecule has 26 heavy (non-hydrogen) atoms. The van der Waals surface area contributed by atoms with Gasteiger partial charge in [0.05, 0.1) is 25.5 Å². The number of hydrogen-bond donors (Lipinski definition) is 1. The number of phenols is 1. The summed E-state index contributed by atoms with van der Waals surface area (Å²) in [6, 6.07) is 7.08. The minimum absolute atomic E-state index is 0.0756. The Morgan fingerprint density at radius 3 is 2.54 bits per heavy atom. The minimum Gasteiger partial charge on any atom is -0.504 e. The van der Waals surface area contributed by atoms with E-state index in [0.29, 0.717) is 29.0 Å². The van der Waals surface area contributed by atoms with E-state index in [2.05, 4.69) is 4.98 Å². The van der Waals surface area contributed by atoms with Gasteiger partial charge < -0.3 is 24.1 Å². The number of rotatable bonds is 4. The van der Waals surface area contributed by atoms with Crippen molar-refractivity contribution in [1.29, 1.82) is 0 Å². The fourth-order valence-corrected chi connectivity index (χ4v) is 3.09. The molecule has 2 aromatic carbocycles. The van der Waals surface area contributed by atoms with Crippen LogP contribution >= 0.6 is 0 Å². The molecule has 0 aliphatic carbocycles. The lowest BCUT2D eigenvalue weighted by molar-refractivity contribution is 0.112. The van der Waals surface area contributed by atoms with Crippen molar-refractivity contribution in [1.82, 2.24) is 4.98 Å². The van der Waals surface area contributed by atoms with Gasteiger partial charge in [0.1, 0.15) is 0 Å². The third kappa shape index (κ3) is 2.28. The van der Waals surface area contributed by atoms with Crippen molar-refractivity contribution in [3.63, 3.8) is 0 Å². The number of aldehydes is 1. The molecule has 7 heteroatoms. The fraction of sp³-hybridized carbons (Fsp3) is 0.158. The molecule has 1 aromatic heterocycles. The number of methoxy groups -OCH3 is 2. The van der Waals surface area contributed by atoms with Crippen LogP contribution in [0.25, 0.3) is 22.0 Å². The van der Waals surface area contributed by atoms with Crippen LogP contribution in [0.15, 0.2) is 30.5 Å². The number of nitrogens with zero attached hydrogens (tertiary/aromatic N) is 1. The molecule has 1 aliphatic heterocycles. The van der Waals surface area contributed by atoms with Gasteiger partial charge in [-0.2, -0.15) is 0 Å². The molecule has 0 atom stereocenters. The van der Waals surface area contributed by atoms with Gasteiger partial charge >= 0.3 is 0 Å². The number of aromatic hydroxyl groups is 1. The molecular weight excluding hydrogens is 338 g/mol. The predicted molar refractivity (Wildman–Crippen MR) is 93.5 cm³/mol. The van der Waals surface area contributed by atoms with Crippen molar-refractivity contribution in [2.45, 2.75) is 0 Å². The number of benzene rings is 2. The number of carbonyl (C=O) groups excluding carboxylic acids is 1. The Morgan fingerprint density at radius 1 is 1.12 bits per heavy atom. The maximum Gasteiger partial charge on any atom is 0.231 e. The first-order valence-electron chi connectivity index (χ1n) is 7.79. The summed E-state index contributed by atoms with van der Waals surface area (Å²) in [6.07, 6.45) is 2.21. The second-order valence-electron chi connectivity index (χ2n) is 5.63. The quantitative estimate of drug-likeness (QED) is 0.721. The minimum atomic E-state index is -0.277. The van der Waals surface area contributed by atoms with Crippen LogP contribution in [0.2, 0.25) is 0 Å². The monoisotopic (exact) mass is 353 g/mol. The summed E-state index contributed by atoms with van der Waals surface area (Å²) in [5, 5.41) is 11.9. The molecule has 0 radical (unpaired) electrons. The van der Waals surface area contributed by atoms with E-state index in [1.54, 1.807) is 6.20 Å². The Balaban J connectivity index is 2.05. The van der Waals surface area contributed by atoms with Gasteiger partial charge in [0.25, 0.3) is 0 Å². The zero-order chi connectivity index (χ0) is 18.3. The maximum atomic E-state index is 11.4. The summed E-state index contributed by atoms with van der Waals surface area (Å²) >= 11 is 0. The molecular formula is C19H15NO6. The first-order chi connectivity index (χ1) is 12.7. The van der Waals surface area contributed by atoms with Gasteiger partial charge in [-0.3, -0.25) is 9.78 Å². The van der Waals surface area contributed by atoms with Gasteiger partial charge in [0.2, 0.25) is 12.5 Å². The summed E-state index contributed by atoms with van der Waals surface area (Å²) in [5.41, 5.74) is 1.17. The highest BCUT2D eigenvalue weighted by Gasteiger charge is 2.23. The van der Waals surface area contributed by atoms with Crippen molar-refractivity contribution >= 4 is 17.1 Å². The summed E-state index contributed by atoms with van der Waals surface area (Å²) in [5.74, 6) is 1.37.